The van der Waals surface area contributed by atoms with Gasteiger partial charge in [-0.2, -0.15) is 0 Å². The smallest absolute Gasteiger partial charge is 0.328 e. The number of aliphatic carboxylic acids is 1. The van der Waals surface area contributed by atoms with Crippen molar-refractivity contribution in [2.45, 2.75) is 31.9 Å². The third-order valence-corrected chi connectivity index (χ3v) is 3.29. The van der Waals surface area contributed by atoms with Crippen molar-refractivity contribution in [3.8, 4) is 0 Å². The number of hydrogen-bond acceptors (Lipinski definition) is 4. The fourth-order valence-electron chi connectivity index (χ4n) is 2.21. The van der Waals surface area contributed by atoms with Crippen LogP contribution >= 0.6 is 0 Å². The Morgan fingerprint density at radius 2 is 2.29 bits per heavy atom. The van der Waals surface area contributed by atoms with Gasteiger partial charge >= 0.3 is 5.97 Å². The Hall–Kier alpha value is -2.21. The summed E-state index contributed by atoms with van der Waals surface area (Å²) in [5, 5.41) is 11.5. The second kappa shape index (κ2) is 6.99. The molecule has 1 fully saturated rings. The first-order valence-corrected chi connectivity index (χ1v) is 6.88. The summed E-state index contributed by atoms with van der Waals surface area (Å²) in [5.41, 5.74) is 0.716. The lowest BCUT2D eigenvalue weighted by molar-refractivity contribution is -0.131. The van der Waals surface area contributed by atoms with Gasteiger partial charge in [-0.1, -0.05) is 6.07 Å². The molecule has 2 rings (SSSR count). The predicted octanol–water partition coefficient (Wildman–Crippen LogP) is 1.48. The van der Waals surface area contributed by atoms with Gasteiger partial charge in [0.05, 0.1) is 6.10 Å². The summed E-state index contributed by atoms with van der Waals surface area (Å²) >= 11 is 0. The molecular formula is C15H18N2O4. The zero-order valence-corrected chi connectivity index (χ0v) is 11.8. The quantitative estimate of drug-likeness (QED) is 0.775. The fraction of sp³-hybridized carbons (Fsp3) is 0.400. The molecule has 1 aromatic rings. The molecule has 0 aromatic carbocycles. The number of amides is 1. The molecule has 0 spiro atoms. The van der Waals surface area contributed by atoms with Gasteiger partial charge in [0.2, 0.25) is 0 Å². The number of carbonyl (C=O) groups is 2. The highest BCUT2D eigenvalue weighted by atomic mass is 16.5. The molecule has 0 aliphatic heterocycles. The van der Waals surface area contributed by atoms with Crippen molar-refractivity contribution < 1.29 is 19.4 Å². The summed E-state index contributed by atoms with van der Waals surface area (Å²) in [7, 11) is 0. The number of ether oxygens (including phenoxy) is 1. The van der Waals surface area contributed by atoms with Gasteiger partial charge in [-0.15, -0.1) is 0 Å². The monoisotopic (exact) mass is 290 g/mol. The van der Waals surface area contributed by atoms with Crippen LogP contribution < -0.4 is 5.32 Å². The van der Waals surface area contributed by atoms with Gasteiger partial charge in [-0.05, 0) is 31.9 Å². The van der Waals surface area contributed by atoms with E-state index in [2.05, 4.69) is 10.3 Å². The van der Waals surface area contributed by atoms with E-state index in [4.69, 9.17) is 9.84 Å². The second-order valence-corrected chi connectivity index (χ2v) is 4.83. The largest absolute Gasteiger partial charge is 0.478 e. The van der Waals surface area contributed by atoms with Crippen LogP contribution in [0.1, 0.15) is 35.8 Å². The van der Waals surface area contributed by atoms with Crippen molar-refractivity contribution >= 4 is 18.0 Å². The lowest BCUT2D eigenvalue weighted by Gasteiger charge is -2.35. The standard InChI is InChI=1S/C15H18N2O4/c1-2-21-12-8-11(9-12)17-15(20)14-10(4-3-7-16-14)5-6-13(18)19/h3-7,11-12H,2,8-9H2,1H3,(H,17,20)(H,18,19)/b6-5+. The first kappa shape index (κ1) is 15.2. The number of rotatable bonds is 6. The van der Waals surface area contributed by atoms with Crippen molar-refractivity contribution in [2.75, 3.05) is 6.61 Å². The molecule has 1 saturated carbocycles. The highest BCUT2D eigenvalue weighted by Crippen LogP contribution is 2.23. The van der Waals surface area contributed by atoms with Crippen molar-refractivity contribution in [3.05, 3.63) is 35.7 Å². The van der Waals surface area contributed by atoms with Gasteiger partial charge in [-0.25, -0.2) is 4.79 Å². The summed E-state index contributed by atoms with van der Waals surface area (Å²) < 4.78 is 5.44. The van der Waals surface area contributed by atoms with E-state index in [1.165, 1.54) is 12.3 Å². The number of nitrogens with one attached hydrogen (secondary N) is 1. The summed E-state index contributed by atoms with van der Waals surface area (Å²) in [6, 6.07) is 3.41. The molecule has 112 valence electrons. The minimum absolute atomic E-state index is 0.0901. The van der Waals surface area contributed by atoms with Crippen LogP contribution in [0.5, 0.6) is 0 Å². The maximum absolute atomic E-state index is 12.2. The third kappa shape index (κ3) is 4.13. The van der Waals surface area contributed by atoms with Crippen molar-refractivity contribution in [1.29, 1.82) is 0 Å². The van der Waals surface area contributed by atoms with Crippen LogP contribution in [0.2, 0.25) is 0 Å². The van der Waals surface area contributed by atoms with Gasteiger partial charge in [0, 0.05) is 30.5 Å². The number of nitrogens with zero attached hydrogens (tertiary/aromatic N) is 1. The maximum atomic E-state index is 12.2. The van der Waals surface area contributed by atoms with Crippen LogP contribution in [0.4, 0.5) is 0 Å². The summed E-state index contributed by atoms with van der Waals surface area (Å²) in [4.78, 5) is 26.8. The number of aromatic nitrogens is 1. The van der Waals surface area contributed by atoms with E-state index < -0.39 is 5.97 Å². The van der Waals surface area contributed by atoms with E-state index >= 15 is 0 Å². The average Bonchev–Trinajstić information content (AvgIpc) is 2.43. The fourth-order valence-corrected chi connectivity index (χ4v) is 2.21. The molecule has 0 bridgehead atoms. The van der Waals surface area contributed by atoms with Gasteiger partial charge in [-0.3, -0.25) is 9.78 Å². The van der Waals surface area contributed by atoms with E-state index in [1.807, 2.05) is 6.92 Å². The number of carboxylic acids is 1. The third-order valence-electron chi connectivity index (χ3n) is 3.29. The van der Waals surface area contributed by atoms with Crippen LogP contribution in [0.3, 0.4) is 0 Å². The highest BCUT2D eigenvalue weighted by Gasteiger charge is 2.31. The molecule has 1 amide bonds. The summed E-state index contributed by atoms with van der Waals surface area (Å²) in [6.07, 6.45) is 5.68. The van der Waals surface area contributed by atoms with Gasteiger partial charge < -0.3 is 15.2 Å². The zero-order chi connectivity index (χ0) is 15.2. The van der Waals surface area contributed by atoms with E-state index in [1.54, 1.807) is 12.1 Å². The Balaban J connectivity index is 1.98. The summed E-state index contributed by atoms with van der Waals surface area (Å²) in [5.74, 6) is -1.36. The minimum Gasteiger partial charge on any atom is -0.478 e. The molecule has 2 N–H and O–H groups in total. The van der Waals surface area contributed by atoms with Crippen LogP contribution in [0, 0.1) is 0 Å². The molecular weight excluding hydrogens is 272 g/mol. The van der Waals surface area contributed by atoms with Crippen LogP contribution in [-0.2, 0) is 9.53 Å². The lowest BCUT2D eigenvalue weighted by Crippen LogP contribution is -2.48. The normalized spacial score (nSPS) is 21.0. The molecule has 1 heterocycles. The molecule has 0 atom stereocenters. The Morgan fingerprint density at radius 1 is 1.52 bits per heavy atom. The van der Waals surface area contributed by atoms with Gasteiger partial charge in [0.25, 0.3) is 5.91 Å². The molecule has 0 saturated heterocycles. The highest BCUT2D eigenvalue weighted by molar-refractivity contribution is 5.97. The van der Waals surface area contributed by atoms with E-state index in [0.29, 0.717) is 12.2 Å². The Labute approximate surface area is 122 Å². The van der Waals surface area contributed by atoms with E-state index in [0.717, 1.165) is 18.9 Å². The molecule has 1 aliphatic carbocycles. The van der Waals surface area contributed by atoms with Crippen molar-refractivity contribution in [2.24, 2.45) is 0 Å². The number of hydrogen-bond donors (Lipinski definition) is 2. The SMILES string of the molecule is CCOC1CC(NC(=O)c2ncccc2/C=C/C(=O)O)C1. The molecule has 1 aliphatic rings. The van der Waals surface area contributed by atoms with Crippen LogP contribution in [0.25, 0.3) is 6.08 Å². The zero-order valence-electron chi connectivity index (χ0n) is 11.8. The second-order valence-electron chi connectivity index (χ2n) is 4.83. The topological polar surface area (TPSA) is 88.5 Å². The number of carbonyl (C=O) groups excluding carboxylic acids is 1. The van der Waals surface area contributed by atoms with Crippen LogP contribution in [-0.4, -0.2) is 40.7 Å². The van der Waals surface area contributed by atoms with Crippen molar-refractivity contribution in [1.82, 2.24) is 10.3 Å². The van der Waals surface area contributed by atoms with Crippen LogP contribution in [0.15, 0.2) is 24.4 Å². The molecule has 6 heteroatoms. The molecule has 6 nitrogen and oxygen atoms in total. The molecule has 0 unspecified atom stereocenters. The van der Waals surface area contributed by atoms with E-state index in [-0.39, 0.29) is 23.7 Å². The van der Waals surface area contributed by atoms with E-state index in [9.17, 15) is 9.59 Å². The Kier molecular flexibility index (Phi) is 5.05. The lowest BCUT2D eigenvalue weighted by atomic mass is 9.89. The molecule has 0 radical (unpaired) electrons. The number of pyridine rings is 1. The minimum atomic E-state index is -1.07. The Morgan fingerprint density at radius 3 is 2.95 bits per heavy atom. The van der Waals surface area contributed by atoms with Gasteiger partial charge in [0.1, 0.15) is 5.69 Å². The first-order valence-electron chi connectivity index (χ1n) is 6.88. The van der Waals surface area contributed by atoms with Crippen molar-refractivity contribution in [3.63, 3.8) is 0 Å². The predicted molar refractivity (Wildman–Crippen MR) is 76.8 cm³/mol. The van der Waals surface area contributed by atoms with Gasteiger partial charge in [0.15, 0.2) is 0 Å². The number of carboxylic acid groups (broad SMARTS) is 1. The Bertz CT molecular complexity index is 550. The maximum Gasteiger partial charge on any atom is 0.328 e. The first-order chi connectivity index (χ1) is 10.1. The summed E-state index contributed by atoms with van der Waals surface area (Å²) in [6.45, 7) is 2.62. The molecule has 21 heavy (non-hydrogen) atoms. The molecule has 1 aromatic heterocycles. The average molecular weight is 290 g/mol.